The third kappa shape index (κ3) is 17.7. The summed E-state index contributed by atoms with van der Waals surface area (Å²) in [5.74, 6) is -8.08. The first-order chi connectivity index (χ1) is 43.8. The Morgan fingerprint density at radius 1 is 0.441 bits per heavy atom. The third-order valence-corrected chi connectivity index (χ3v) is 16.4. The van der Waals surface area contributed by atoms with Crippen molar-refractivity contribution in [1.29, 1.82) is 0 Å². The van der Waals surface area contributed by atoms with Crippen molar-refractivity contribution in [1.82, 2.24) is 16.0 Å². The van der Waals surface area contributed by atoms with E-state index >= 15 is 0 Å². The molecular weight excluding hydrogens is 1280 g/mol. The van der Waals surface area contributed by atoms with Gasteiger partial charge in [0.25, 0.3) is 5.79 Å². The van der Waals surface area contributed by atoms with Crippen LogP contribution in [0.25, 0.3) is 0 Å². The highest BCUT2D eigenvalue weighted by molar-refractivity contribution is 5.77. The van der Waals surface area contributed by atoms with Crippen molar-refractivity contribution in [3.05, 3.63) is 0 Å². The van der Waals surface area contributed by atoms with Gasteiger partial charge < -0.3 is 190 Å². The van der Waals surface area contributed by atoms with Gasteiger partial charge in [0, 0.05) is 27.2 Å². The zero-order valence-corrected chi connectivity index (χ0v) is 49.8. The molecule has 0 aromatic rings. The van der Waals surface area contributed by atoms with E-state index in [1.807, 2.05) is 0 Å². The van der Waals surface area contributed by atoms with E-state index in [2.05, 4.69) is 16.0 Å². The van der Waals surface area contributed by atoms with E-state index in [0.717, 1.165) is 20.8 Å². The van der Waals surface area contributed by atoms with Crippen LogP contribution < -0.4 is 16.0 Å². The Morgan fingerprint density at radius 3 is 1.18 bits per heavy atom. The summed E-state index contributed by atoms with van der Waals surface area (Å²) < 4.78 is 69.0. The molecule has 0 aliphatic carbocycles. The minimum Gasteiger partial charge on any atom is -0.477 e. The maximum absolute atomic E-state index is 13.1. The van der Waals surface area contributed by atoms with Crippen LogP contribution >= 0.6 is 0 Å². The number of carbonyl (C=O) groups excluding carboxylic acids is 3. The lowest BCUT2D eigenvalue weighted by Crippen LogP contribution is -2.71. The van der Waals surface area contributed by atoms with E-state index in [1.54, 1.807) is 0 Å². The van der Waals surface area contributed by atoms with E-state index in [4.69, 9.17) is 56.8 Å². The van der Waals surface area contributed by atoms with Gasteiger partial charge in [-0.15, -0.1) is 0 Å². The first-order valence-electron chi connectivity index (χ1n) is 29.2. The molecule has 93 heavy (non-hydrogen) atoms. The van der Waals surface area contributed by atoms with Crippen LogP contribution in [-0.2, 0) is 76.0 Å². The summed E-state index contributed by atoms with van der Waals surface area (Å²) in [5.41, 5.74) is 0. The molecule has 35 atom stereocenters. The Labute approximate surface area is 526 Å². The average Bonchev–Trinajstić information content (AvgIpc) is 0.770. The molecule has 6 aliphatic heterocycles. The standard InChI is InChI=1S/C51H87N3O39/c1-13(63)52-25-16(66)4-51(50(80)81,92-41(25)29(71)18(68)6-56)93-44-32(74)22(10-60)84-49(37(44)79)89-40-24(12-62)86-46(27(34(40)76)54-15(3)65)91-43-31(73)21(9-59)83-48(36(43)78)88-39-23(11-61)85-45(26(33(39)75)53-14(2)64)90-42-30(72)20(8-58)82-47(35(42)77)87-38(19(69)7-57)28(70)17(67)5-55/h16-49,55-62,66-79H,4-12H2,1-3H3,(H,52,63)(H,53,64)(H,54,65)(H,80,81)/t16-,17-,18+,19+,20+,21+,22+,23+,24+,25+,26+,27+,28+,29+,30-,31-,32-,33+,34+,35+,36+,37+,38+,39+,40+,41+,42-,43-,44-,45-,46-,47-,48-,49-,51-/m0/s1. The van der Waals surface area contributed by atoms with Gasteiger partial charge in [0.1, 0.15) is 165 Å². The van der Waals surface area contributed by atoms with E-state index in [-0.39, 0.29) is 0 Å². The van der Waals surface area contributed by atoms with Crippen LogP contribution in [0.4, 0.5) is 0 Å². The molecule has 6 heterocycles. The van der Waals surface area contributed by atoms with Crippen molar-refractivity contribution in [3.8, 4) is 0 Å². The molecule has 0 aromatic carbocycles. The molecule has 6 rings (SSSR count). The lowest BCUT2D eigenvalue weighted by molar-refractivity contribution is -0.391. The zero-order valence-electron chi connectivity index (χ0n) is 49.8. The summed E-state index contributed by atoms with van der Waals surface area (Å²) in [7, 11) is 0. The van der Waals surface area contributed by atoms with Crippen molar-refractivity contribution < 1.29 is 193 Å². The van der Waals surface area contributed by atoms with Gasteiger partial charge in [-0.05, 0) is 0 Å². The highest BCUT2D eigenvalue weighted by Gasteiger charge is 2.62. The number of carboxylic acids is 1. The molecule has 6 fully saturated rings. The summed E-state index contributed by atoms with van der Waals surface area (Å²) in [4.78, 5) is 50.7. The SMILES string of the molecule is CC(=O)N[C@H]1[C@H](O[C@H]2[C@@H](O)[C@@H](CO)O[C@@H](O[C@@H]([C@H](O)[C@@H](O)CO)[C@H](O)CO)[C@@H]2O)O[C@H](CO)[C@@H](O[C@@H]2O[C@H](CO)[C@H](O)[C@H](O[C@@H]3O[C@H](CO)[C@@H](O[C@@H]4O[C@H](CO)[C@H](O)[C@H](O[C@]5(C(=O)O)C[C@H](O)[C@@H](NC(C)=O)[C@H]([C@H](O)[C@H](O)CO)O5)[C@H]4O)[C@H](O)[C@H]3NC(C)=O)[C@H]2O)[C@@H]1O. The van der Waals surface area contributed by atoms with Gasteiger partial charge in [-0.3, -0.25) is 14.4 Å². The number of ether oxygens (including phenoxy) is 12. The average molecular weight is 1370 g/mol. The number of aliphatic hydroxyl groups is 22. The Kier molecular flexibility index (Phi) is 29.0. The molecule has 0 unspecified atom stereocenters. The van der Waals surface area contributed by atoms with Crippen LogP contribution in [-0.4, -0.2) is 408 Å². The van der Waals surface area contributed by atoms with Gasteiger partial charge in [-0.1, -0.05) is 0 Å². The number of aliphatic carboxylic acids is 1. The highest BCUT2D eigenvalue weighted by atomic mass is 16.8. The third-order valence-electron chi connectivity index (χ3n) is 16.4. The number of hydrogen-bond acceptors (Lipinski definition) is 38. The minimum absolute atomic E-state index is 0.846. The number of nitrogens with one attached hydrogen (secondary N) is 3. The van der Waals surface area contributed by atoms with Crippen LogP contribution in [0.1, 0.15) is 27.2 Å². The van der Waals surface area contributed by atoms with Gasteiger partial charge in [-0.2, -0.15) is 0 Å². The normalized spacial score (nSPS) is 43.6. The second-order valence-corrected chi connectivity index (χ2v) is 23.0. The number of aliphatic hydroxyl groups excluding tert-OH is 22. The molecule has 42 heteroatoms. The zero-order chi connectivity index (χ0) is 69.4. The van der Waals surface area contributed by atoms with Crippen LogP contribution in [0.15, 0.2) is 0 Å². The number of carbonyl (C=O) groups is 4. The molecule has 42 nitrogen and oxygen atoms in total. The van der Waals surface area contributed by atoms with E-state index < -0.39 is 297 Å². The molecular formula is C51H87N3O39. The predicted octanol–water partition coefficient (Wildman–Crippen LogP) is -17.0. The van der Waals surface area contributed by atoms with E-state index in [0.29, 0.717) is 0 Å². The molecule has 6 aliphatic rings. The van der Waals surface area contributed by atoms with Crippen molar-refractivity contribution in [2.24, 2.45) is 0 Å². The van der Waals surface area contributed by atoms with Crippen molar-refractivity contribution >= 4 is 23.7 Å². The number of amides is 3. The van der Waals surface area contributed by atoms with Crippen molar-refractivity contribution in [3.63, 3.8) is 0 Å². The quantitative estimate of drug-likeness (QED) is 0.0331. The fourth-order valence-electron chi connectivity index (χ4n) is 11.5. The Bertz CT molecular complexity index is 2370. The van der Waals surface area contributed by atoms with E-state index in [1.165, 1.54) is 0 Å². The van der Waals surface area contributed by atoms with Crippen LogP contribution in [0, 0.1) is 0 Å². The second-order valence-electron chi connectivity index (χ2n) is 23.0. The van der Waals surface area contributed by atoms with Gasteiger partial charge in [0.15, 0.2) is 31.5 Å². The fourth-order valence-corrected chi connectivity index (χ4v) is 11.5. The lowest BCUT2D eigenvalue weighted by atomic mass is 9.88. The topological polar surface area (TPSA) is 680 Å². The molecule has 0 saturated carbocycles. The van der Waals surface area contributed by atoms with Gasteiger partial charge >= 0.3 is 5.97 Å². The molecule has 3 amide bonds. The molecule has 0 radical (unpaired) electrons. The van der Waals surface area contributed by atoms with E-state index in [9.17, 15) is 137 Å². The molecule has 26 N–H and O–H groups in total. The fraction of sp³-hybridized carbons (Fsp3) is 0.922. The van der Waals surface area contributed by atoms with Crippen molar-refractivity contribution in [2.75, 3.05) is 52.9 Å². The first-order valence-corrected chi connectivity index (χ1v) is 29.2. The summed E-state index contributed by atoms with van der Waals surface area (Å²) in [6.45, 7) is -6.22. The molecule has 0 aromatic heterocycles. The summed E-state index contributed by atoms with van der Waals surface area (Å²) in [5, 5.41) is 255. The Hall–Kier alpha value is -3.48. The smallest absolute Gasteiger partial charge is 0.364 e. The molecule has 0 spiro atoms. The predicted molar refractivity (Wildman–Crippen MR) is 286 cm³/mol. The van der Waals surface area contributed by atoms with Gasteiger partial charge in [0.2, 0.25) is 17.7 Å². The second kappa shape index (κ2) is 34.3. The number of carboxylic acid groups (broad SMARTS) is 1. The van der Waals surface area contributed by atoms with Crippen LogP contribution in [0.2, 0.25) is 0 Å². The molecule has 0 bridgehead atoms. The number of rotatable bonds is 29. The minimum atomic E-state index is -3.23. The maximum Gasteiger partial charge on any atom is 0.364 e. The first kappa shape index (κ1) is 78.5. The molecule has 6 saturated heterocycles. The highest BCUT2D eigenvalue weighted by Crippen LogP contribution is 2.40. The van der Waals surface area contributed by atoms with Crippen LogP contribution in [0.5, 0.6) is 0 Å². The van der Waals surface area contributed by atoms with Gasteiger partial charge in [-0.25, -0.2) is 4.79 Å². The van der Waals surface area contributed by atoms with Crippen LogP contribution in [0.3, 0.4) is 0 Å². The monoisotopic (exact) mass is 1370 g/mol. The summed E-state index contributed by atoms with van der Waals surface area (Å²) in [6, 6.07) is -5.54. The summed E-state index contributed by atoms with van der Waals surface area (Å²) >= 11 is 0. The summed E-state index contributed by atoms with van der Waals surface area (Å²) in [6.07, 6.45) is -66.6. The largest absolute Gasteiger partial charge is 0.477 e. The number of hydrogen-bond donors (Lipinski definition) is 26. The van der Waals surface area contributed by atoms with Gasteiger partial charge in [0.05, 0.1) is 65.0 Å². The molecule has 540 valence electrons. The van der Waals surface area contributed by atoms with Crippen molar-refractivity contribution in [2.45, 2.75) is 241 Å². The Morgan fingerprint density at radius 2 is 0.796 bits per heavy atom. The lowest BCUT2D eigenvalue weighted by Gasteiger charge is -2.51. The Balaban J connectivity index is 1.23. The maximum atomic E-state index is 13.1.